The molecule has 2 aromatic rings. The smallest absolute Gasteiger partial charge is 0.334 e. The fourth-order valence-corrected chi connectivity index (χ4v) is 3.41. The lowest BCUT2D eigenvalue weighted by Crippen LogP contribution is -2.33. The molecule has 0 unspecified atom stereocenters. The second-order valence-electron chi connectivity index (χ2n) is 5.20. The summed E-state index contributed by atoms with van der Waals surface area (Å²) in [6.45, 7) is 0.462. The van der Waals surface area contributed by atoms with Gasteiger partial charge in [0.1, 0.15) is 6.54 Å². The van der Waals surface area contributed by atoms with E-state index in [9.17, 15) is 18.0 Å². The van der Waals surface area contributed by atoms with Crippen LogP contribution < -0.4 is 0 Å². The van der Waals surface area contributed by atoms with E-state index in [1.54, 1.807) is 16.2 Å². The number of alkyl halides is 3. The van der Waals surface area contributed by atoms with E-state index < -0.39 is 11.9 Å². The van der Waals surface area contributed by atoms with Gasteiger partial charge in [0.2, 0.25) is 5.91 Å². The summed E-state index contributed by atoms with van der Waals surface area (Å²) in [6.07, 6.45) is -1.51. The van der Waals surface area contributed by atoms with Crippen molar-refractivity contribution in [1.82, 2.24) is 14.7 Å². The zero-order chi connectivity index (χ0) is 15.7. The monoisotopic (exact) mass is 329 g/mol. The zero-order valence-corrected chi connectivity index (χ0v) is 12.4. The molecule has 1 fully saturated rings. The molecule has 1 saturated heterocycles. The van der Waals surface area contributed by atoms with Crippen molar-refractivity contribution in [1.29, 1.82) is 0 Å². The predicted octanol–water partition coefficient (Wildman–Crippen LogP) is 3.33. The minimum Gasteiger partial charge on any atom is -0.334 e. The normalized spacial score (nSPS) is 18.9. The van der Waals surface area contributed by atoms with Crippen LogP contribution in [0.5, 0.6) is 0 Å². The third-order valence-electron chi connectivity index (χ3n) is 3.73. The van der Waals surface area contributed by atoms with Gasteiger partial charge in [-0.3, -0.25) is 9.48 Å². The SMILES string of the molecule is O=C(Cn1ccc(C(F)(F)F)n1)N1CCC[C@@H]1c1ccsc1. The molecule has 118 valence electrons. The maximum Gasteiger partial charge on any atom is 0.435 e. The minimum absolute atomic E-state index is 0.0244. The third kappa shape index (κ3) is 3.01. The standard InChI is InChI=1S/C14H14F3N3OS/c15-14(16,17)12-3-6-19(18-12)8-13(21)20-5-1-2-11(20)10-4-7-22-9-10/h3-4,6-7,9,11H,1-2,5,8H2/t11-/m1/s1. The summed E-state index contributed by atoms with van der Waals surface area (Å²) >= 11 is 1.57. The molecule has 0 bridgehead atoms. The fraction of sp³-hybridized carbons (Fsp3) is 0.429. The average Bonchev–Trinajstić information content (AvgIpc) is 3.18. The van der Waals surface area contributed by atoms with Crippen molar-refractivity contribution in [2.75, 3.05) is 6.54 Å². The predicted molar refractivity (Wildman–Crippen MR) is 75.2 cm³/mol. The highest BCUT2D eigenvalue weighted by Crippen LogP contribution is 2.33. The molecule has 1 aliphatic heterocycles. The van der Waals surface area contributed by atoms with Crippen LogP contribution >= 0.6 is 11.3 Å². The van der Waals surface area contributed by atoms with Crippen LogP contribution in [0.4, 0.5) is 13.2 Å². The number of thiophene rings is 1. The topological polar surface area (TPSA) is 38.1 Å². The van der Waals surface area contributed by atoms with Gasteiger partial charge in [-0.05, 0) is 41.3 Å². The number of halogens is 3. The van der Waals surface area contributed by atoms with Gasteiger partial charge < -0.3 is 4.90 Å². The first-order valence-corrected chi connectivity index (χ1v) is 7.81. The summed E-state index contributed by atoms with van der Waals surface area (Å²) in [6, 6.07) is 2.89. The van der Waals surface area contributed by atoms with Gasteiger partial charge in [-0.1, -0.05) is 0 Å². The Morgan fingerprint density at radius 3 is 2.86 bits per heavy atom. The number of carbonyl (C=O) groups is 1. The van der Waals surface area contributed by atoms with Crippen molar-refractivity contribution in [2.45, 2.75) is 31.6 Å². The van der Waals surface area contributed by atoms with Gasteiger partial charge in [0.05, 0.1) is 6.04 Å². The van der Waals surface area contributed by atoms with Gasteiger partial charge in [0.15, 0.2) is 5.69 Å². The second-order valence-corrected chi connectivity index (χ2v) is 5.98. The lowest BCUT2D eigenvalue weighted by atomic mass is 10.1. The van der Waals surface area contributed by atoms with Gasteiger partial charge >= 0.3 is 6.18 Å². The lowest BCUT2D eigenvalue weighted by Gasteiger charge is -2.24. The summed E-state index contributed by atoms with van der Waals surface area (Å²) in [5, 5.41) is 7.39. The van der Waals surface area contributed by atoms with Crippen LogP contribution in [0.2, 0.25) is 0 Å². The van der Waals surface area contributed by atoms with Gasteiger partial charge in [-0.15, -0.1) is 0 Å². The van der Waals surface area contributed by atoms with Crippen LogP contribution in [-0.4, -0.2) is 27.1 Å². The van der Waals surface area contributed by atoms with Gasteiger partial charge in [0, 0.05) is 12.7 Å². The minimum atomic E-state index is -4.48. The van der Waals surface area contributed by atoms with E-state index in [0.29, 0.717) is 6.54 Å². The Morgan fingerprint density at radius 1 is 1.41 bits per heavy atom. The Bertz CT molecular complexity index is 651. The molecular weight excluding hydrogens is 315 g/mol. The molecule has 0 saturated carbocycles. The van der Waals surface area contributed by atoms with Crippen LogP contribution in [0, 0.1) is 0 Å². The Hall–Kier alpha value is -1.83. The summed E-state index contributed by atoms with van der Waals surface area (Å²) in [4.78, 5) is 14.1. The highest BCUT2D eigenvalue weighted by Gasteiger charge is 2.34. The molecule has 0 radical (unpaired) electrons. The molecule has 1 amide bonds. The van der Waals surface area contributed by atoms with Crippen LogP contribution in [0.3, 0.4) is 0 Å². The van der Waals surface area contributed by atoms with Crippen LogP contribution in [0.25, 0.3) is 0 Å². The third-order valence-corrected chi connectivity index (χ3v) is 4.43. The quantitative estimate of drug-likeness (QED) is 0.866. The maximum absolute atomic E-state index is 12.5. The molecule has 0 spiro atoms. The molecule has 3 heterocycles. The van der Waals surface area contributed by atoms with Crippen molar-refractivity contribution in [3.63, 3.8) is 0 Å². The van der Waals surface area contributed by atoms with Gasteiger partial charge in [-0.25, -0.2) is 0 Å². The Morgan fingerprint density at radius 2 is 2.23 bits per heavy atom. The summed E-state index contributed by atoms with van der Waals surface area (Å²) in [5.41, 5.74) is 0.114. The molecule has 1 aliphatic rings. The molecule has 22 heavy (non-hydrogen) atoms. The zero-order valence-electron chi connectivity index (χ0n) is 11.6. The summed E-state index contributed by atoms with van der Waals surface area (Å²) in [5.74, 6) is -0.203. The second kappa shape index (κ2) is 5.75. The molecule has 8 heteroatoms. The number of aromatic nitrogens is 2. The number of amides is 1. The first-order valence-electron chi connectivity index (χ1n) is 6.87. The number of likely N-dealkylation sites (tertiary alicyclic amines) is 1. The number of nitrogens with zero attached hydrogens (tertiary/aromatic N) is 3. The fourth-order valence-electron chi connectivity index (χ4n) is 2.71. The van der Waals surface area contributed by atoms with E-state index in [-0.39, 0.29) is 18.5 Å². The van der Waals surface area contributed by atoms with Crippen LogP contribution in [-0.2, 0) is 17.5 Å². The summed E-state index contributed by atoms with van der Waals surface area (Å²) in [7, 11) is 0. The van der Waals surface area contributed by atoms with E-state index in [4.69, 9.17) is 0 Å². The van der Waals surface area contributed by atoms with Gasteiger partial charge in [0.25, 0.3) is 0 Å². The molecule has 4 nitrogen and oxygen atoms in total. The summed E-state index contributed by atoms with van der Waals surface area (Å²) < 4.78 is 38.6. The number of rotatable bonds is 3. The molecule has 0 N–H and O–H groups in total. The van der Waals surface area contributed by atoms with E-state index in [1.165, 1.54) is 6.20 Å². The van der Waals surface area contributed by atoms with Crippen molar-refractivity contribution in [3.05, 3.63) is 40.3 Å². The van der Waals surface area contributed by atoms with Gasteiger partial charge in [-0.2, -0.15) is 29.6 Å². The molecule has 0 aliphatic carbocycles. The number of carbonyl (C=O) groups excluding carboxylic acids is 1. The first kappa shape index (κ1) is 15.1. The maximum atomic E-state index is 12.5. The van der Waals surface area contributed by atoms with Crippen molar-refractivity contribution in [3.8, 4) is 0 Å². The van der Waals surface area contributed by atoms with E-state index >= 15 is 0 Å². The average molecular weight is 329 g/mol. The molecule has 0 aromatic carbocycles. The molecular formula is C14H14F3N3OS. The highest BCUT2D eigenvalue weighted by molar-refractivity contribution is 7.07. The highest BCUT2D eigenvalue weighted by atomic mass is 32.1. The van der Waals surface area contributed by atoms with Crippen LogP contribution in [0.1, 0.15) is 30.1 Å². The largest absolute Gasteiger partial charge is 0.435 e. The van der Waals surface area contributed by atoms with E-state index in [0.717, 1.165) is 29.2 Å². The Kier molecular flexibility index (Phi) is 3.94. The van der Waals surface area contributed by atoms with E-state index in [1.807, 2.05) is 16.8 Å². The Labute approximate surface area is 129 Å². The first-order chi connectivity index (χ1) is 10.4. The van der Waals surface area contributed by atoms with Crippen molar-refractivity contribution < 1.29 is 18.0 Å². The molecule has 2 aromatic heterocycles. The van der Waals surface area contributed by atoms with Crippen molar-refractivity contribution in [2.24, 2.45) is 0 Å². The molecule has 3 rings (SSSR count). The number of hydrogen-bond acceptors (Lipinski definition) is 3. The Balaban J connectivity index is 1.70. The number of hydrogen-bond donors (Lipinski definition) is 0. The van der Waals surface area contributed by atoms with Crippen molar-refractivity contribution >= 4 is 17.2 Å². The lowest BCUT2D eigenvalue weighted by molar-refractivity contribution is -0.142. The molecule has 1 atom stereocenters. The van der Waals surface area contributed by atoms with E-state index in [2.05, 4.69) is 5.10 Å². The van der Waals surface area contributed by atoms with Crippen LogP contribution in [0.15, 0.2) is 29.1 Å².